The van der Waals surface area contributed by atoms with Gasteiger partial charge >= 0.3 is 5.97 Å². The summed E-state index contributed by atoms with van der Waals surface area (Å²) in [6.07, 6.45) is 2.61. The van der Waals surface area contributed by atoms with Crippen molar-refractivity contribution in [2.45, 2.75) is 97.9 Å². The molecule has 0 aliphatic heterocycles. The van der Waals surface area contributed by atoms with Crippen molar-refractivity contribution in [3.63, 3.8) is 0 Å². The summed E-state index contributed by atoms with van der Waals surface area (Å²) in [4.78, 5) is 32.9. The zero-order valence-electron chi connectivity index (χ0n) is 15.3. The predicted octanol–water partition coefficient (Wildman–Crippen LogP) is 4.28. The average molecular weight is 320 g/mol. The van der Waals surface area contributed by atoms with Gasteiger partial charge in [0.15, 0.2) is 0 Å². The van der Waals surface area contributed by atoms with Crippen LogP contribution in [0.25, 0.3) is 0 Å². The smallest absolute Gasteiger partial charge is 0.265 e. The molecule has 1 atom stereocenters. The first kappa shape index (κ1) is 21.3. The summed E-state index contributed by atoms with van der Waals surface area (Å²) in [7, 11) is 0. The third-order valence-electron chi connectivity index (χ3n) is 2.72. The van der Waals surface area contributed by atoms with Gasteiger partial charge in [0.1, 0.15) is 0 Å². The Kier molecular flexibility index (Phi) is 8.54. The van der Waals surface area contributed by atoms with Gasteiger partial charge in [0.2, 0.25) is 5.60 Å². The van der Waals surface area contributed by atoms with Crippen LogP contribution in [0.5, 0.6) is 0 Å². The second-order valence-corrected chi connectivity index (χ2v) is 7.36. The molecule has 0 aromatic heterocycles. The van der Waals surface area contributed by atoms with Gasteiger partial charge in [0.25, 0.3) is 0 Å². The van der Waals surface area contributed by atoms with E-state index in [1.807, 2.05) is 34.6 Å². The molecule has 132 valence electrons. The predicted molar refractivity (Wildman–Crippen MR) is 82.5 cm³/mol. The summed E-state index contributed by atoms with van der Waals surface area (Å²) in [5, 5.41) is 4.59. The summed E-state index contributed by atoms with van der Waals surface area (Å²) in [6.45, 7) is 14.8. The lowest BCUT2D eigenvalue weighted by Gasteiger charge is -2.31. The van der Waals surface area contributed by atoms with Crippen molar-refractivity contribution >= 4 is 5.97 Å². The SMILES string of the molecule is CCCCC(CC)(OOC(C)(C)C)C(=O)OOOC(C)(C)C. The zero-order chi connectivity index (χ0) is 17.4. The Morgan fingerprint density at radius 1 is 0.864 bits per heavy atom. The Bertz CT molecular complexity index is 329. The maximum atomic E-state index is 12.4. The van der Waals surface area contributed by atoms with E-state index in [4.69, 9.17) is 19.6 Å². The van der Waals surface area contributed by atoms with Crippen LogP contribution >= 0.6 is 0 Å². The molecule has 0 heterocycles. The zero-order valence-corrected chi connectivity index (χ0v) is 15.3. The maximum Gasteiger partial charge on any atom is 0.380 e. The molecular formula is C16H32O6. The Balaban J connectivity index is 4.83. The van der Waals surface area contributed by atoms with E-state index in [9.17, 15) is 4.79 Å². The molecule has 0 fully saturated rings. The van der Waals surface area contributed by atoms with Gasteiger partial charge in [-0.15, -0.1) is 0 Å². The lowest BCUT2D eigenvalue weighted by atomic mass is 9.94. The van der Waals surface area contributed by atoms with Gasteiger partial charge in [-0.25, -0.2) is 14.6 Å². The van der Waals surface area contributed by atoms with Gasteiger partial charge in [-0.3, -0.25) is 4.89 Å². The van der Waals surface area contributed by atoms with E-state index in [-0.39, 0.29) is 0 Å². The highest BCUT2D eigenvalue weighted by Crippen LogP contribution is 2.28. The van der Waals surface area contributed by atoms with Crippen molar-refractivity contribution in [3.8, 4) is 0 Å². The number of hydrogen-bond acceptors (Lipinski definition) is 6. The van der Waals surface area contributed by atoms with Crippen LogP contribution in [0.2, 0.25) is 0 Å². The highest BCUT2D eigenvalue weighted by Gasteiger charge is 2.43. The van der Waals surface area contributed by atoms with E-state index in [1.54, 1.807) is 20.8 Å². The van der Waals surface area contributed by atoms with Gasteiger partial charge in [-0.2, -0.15) is 4.89 Å². The van der Waals surface area contributed by atoms with Crippen LogP contribution in [0.3, 0.4) is 0 Å². The molecule has 0 aliphatic rings. The van der Waals surface area contributed by atoms with Crippen molar-refractivity contribution in [1.82, 2.24) is 0 Å². The van der Waals surface area contributed by atoms with E-state index in [0.29, 0.717) is 12.8 Å². The molecule has 0 N–H and O–H groups in total. The number of carbonyl (C=O) groups excluding carboxylic acids is 1. The minimum atomic E-state index is -1.20. The molecule has 1 unspecified atom stereocenters. The second kappa shape index (κ2) is 8.82. The Labute approximate surface area is 134 Å². The first-order valence-electron chi connectivity index (χ1n) is 7.89. The van der Waals surface area contributed by atoms with Crippen LogP contribution in [-0.2, 0) is 29.4 Å². The molecule has 0 amide bonds. The lowest BCUT2D eigenvalue weighted by molar-refractivity contribution is -0.521. The first-order valence-corrected chi connectivity index (χ1v) is 7.89. The van der Waals surface area contributed by atoms with Crippen LogP contribution in [0.1, 0.15) is 81.1 Å². The average Bonchev–Trinajstić information content (AvgIpc) is 2.37. The molecular weight excluding hydrogens is 288 g/mol. The third-order valence-corrected chi connectivity index (χ3v) is 2.72. The minimum absolute atomic E-state index is 0.404. The second-order valence-electron chi connectivity index (χ2n) is 7.36. The van der Waals surface area contributed by atoms with Gasteiger partial charge < -0.3 is 0 Å². The third kappa shape index (κ3) is 8.68. The fourth-order valence-electron chi connectivity index (χ4n) is 1.45. The van der Waals surface area contributed by atoms with Gasteiger partial charge in [0.05, 0.1) is 11.2 Å². The highest BCUT2D eigenvalue weighted by molar-refractivity contribution is 5.78. The van der Waals surface area contributed by atoms with E-state index < -0.39 is 22.8 Å². The van der Waals surface area contributed by atoms with Crippen molar-refractivity contribution in [2.24, 2.45) is 0 Å². The summed E-state index contributed by atoms with van der Waals surface area (Å²) in [5.41, 5.74) is -2.32. The van der Waals surface area contributed by atoms with Crippen molar-refractivity contribution in [1.29, 1.82) is 0 Å². The Morgan fingerprint density at radius 3 is 1.82 bits per heavy atom. The van der Waals surface area contributed by atoms with Crippen LogP contribution < -0.4 is 0 Å². The summed E-state index contributed by atoms with van der Waals surface area (Å²) < 4.78 is 0. The van der Waals surface area contributed by atoms with Crippen molar-refractivity contribution in [2.75, 3.05) is 0 Å². The van der Waals surface area contributed by atoms with E-state index in [0.717, 1.165) is 12.8 Å². The number of rotatable bonds is 9. The van der Waals surface area contributed by atoms with E-state index in [2.05, 4.69) is 5.04 Å². The van der Waals surface area contributed by atoms with Gasteiger partial charge in [-0.1, -0.05) is 26.7 Å². The first-order chi connectivity index (χ1) is 9.96. The number of hydrogen-bond donors (Lipinski definition) is 0. The van der Waals surface area contributed by atoms with Crippen LogP contribution in [-0.4, -0.2) is 22.8 Å². The molecule has 0 aromatic carbocycles. The van der Waals surface area contributed by atoms with Crippen LogP contribution in [0, 0.1) is 0 Å². The highest BCUT2D eigenvalue weighted by atomic mass is 17.5. The number of carbonyl (C=O) groups is 1. The van der Waals surface area contributed by atoms with E-state index >= 15 is 0 Å². The number of unbranched alkanes of at least 4 members (excludes halogenated alkanes) is 1. The molecule has 0 saturated heterocycles. The lowest BCUT2D eigenvalue weighted by Crippen LogP contribution is -2.44. The monoisotopic (exact) mass is 320 g/mol. The quantitative estimate of drug-likeness (QED) is 0.467. The molecule has 0 spiro atoms. The molecule has 0 saturated carbocycles. The molecule has 0 bridgehead atoms. The maximum absolute atomic E-state index is 12.4. The Morgan fingerprint density at radius 2 is 1.41 bits per heavy atom. The fourth-order valence-corrected chi connectivity index (χ4v) is 1.45. The molecule has 22 heavy (non-hydrogen) atoms. The minimum Gasteiger partial charge on any atom is -0.265 e. The summed E-state index contributed by atoms with van der Waals surface area (Å²) >= 11 is 0. The molecule has 0 rings (SSSR count). The van der Waals surface area contributed by atoms with E-state index in [1.165, 1.54) is 0 Å². The molecule has 6 nitrogen and oxygen atoms in total. The molecule has 0 aliphatic carbocycles. The molecule has 6 heteroatoms. The summed E-state index contributed by atoms with van der Waals surface area (Å²) in [6, 6.07) is 0. The normalized spacial score (nSPS) is 15.5. The van der Waals surface area contributed by atoms with Gasteiger partial charge in [-0.05, 0) is 59.4 Å². The van der Waals surface area contributed by atoms with Crippen molar-refractivity contribution in [3.05, 3.63) is 0 Å². The van der Waals surface area contributed by atoms with Crippen molar-refractivity contribution < 1.29 is 29.4 Å². The molecule has 0 aromatic rings. The summed E-state index contributed by atoms with van der Waals surface area (Å²) in [5.74, 6) is -0.656. The topological polar surface area (TPSA) is 63.2 Å². The van der Waals surface area contributed by atoms with Crippen LogP contribution in [0.4, 0.5) is 0 Å². The van der Waals surface area contributed by atoms with Gasteiger partial charge in [0, 0.05) is 0 Å². The van der Waals surface area contributed by atoms with Crippen LogP contribution in [0.15, 0.2) is 0 Å². The largest absolute Gasteiger partial charge is 0.380 e. The molecule has 0 radical (unpaired) electrons. The Hall–Kier alpha value is -0.690. The fraction of sp³-hybridized carbons (Fsp3) is 0.938. The standard InChI is InChI=1S/C16H32O6/c1-9-11-12-16(10-2,21-19-14(3,4)5)13(17)18-22-20-15(6,7)8/h9-12H2,1-8H3.